The average Bonchev–Trinajstić information content (AvgIpc) is 3.02. The van der Waals surface area contributed by atoms with E-state index in [1.54, 1.807) is 24.5 Å². The van der Waals surface area contributed by atoms with Crippen molar-refractivity contribution < 1.29 is 4.92 Å². The first kappa shape index (κ1) is 15.8. The van der Waals surface area contributed by atoms with E-state index in [0.29, 0.717) is 24.6 Å². The molecule has 0 saturated carbocycles. The van der Waals surface area contributed by atoms with Crippen molar-refractivity contribution in [2.24, 2.45) is 0 Å². The molecule has 25 heavy (non-hydrogen) atoms. The van der Waals surface area contributed by atoms with Gasteiger partial charge in [0.2, 0.25) is 11.5 Å². The number of halogens is 1. The lowest BCUT2D eigenvalue weighted by molar-refractivity contribution is -0.389. The van der Waals surface area contributed by atoms with Crippen LogP contribution in [0, 0.1) is 10.1 Å². The third kappa shape index (κ3) is 2.91. The molecule has 128 valence electrons. The molecule has 3 aromatic heterocycles. The van der Waals surface area contributed by atoms with Gasteiger partial charge in [-0.25, -0.2) is 4.98 Å². The van der Waals surface area contributed by atoms with Crippen molar-refractivity contribution >= 4 is 39.0 Å². The Morgan fingerprint density at radius 1 is 1.08 bits per heavy atom. The number of nitrogens with zero attached hydrogens (tertiary/aromatic N) is 6. The van der Waals surface area contributed by atoms with E-state index in [-0.39, 0.29) is 10.7 Å². The molecule has 4 rings (SSSR count). The number of anilines is 2. The van der Waals surface area contributed by atoms with Crippen molar-refractivity contribution in [1.29, 1.82) is 0 Å². The highest BCUT2D eigenvalue weighted by Crippen LogP contribution is 2.30. The Kier molecular flexibility index (Phi) is 4.00. The van der Waals surface area contributed by atoms with Crippen LogP contribution in [0.5, 0.6) is 0 Å². The van der Waals surface area contributed by atoms with Gasteiger partial charge >= 0.3 is 5.82 Å². The van der Waals surface area contributed by atoms with Gasteiger partial charge in [-0.1, -0.05) is 6.07 Å². The Morgan fingerprint density at radius 3 is 2.52 bits per heavy atom. The minimum Gasteiger partial charge on any atom is -0.358 e. The fraction of sp³-hybridized carbons (Fsp3) is 0.250. The average molecular weight is 403 g/mol. The van der Waals surface area contributed by atoms with E-state index < -0.39 is 0 Å². The second-order valence-electron chi connectivity index (χ2n) is 5.75. The highest BCUT2D eigenvalue weighted by Gasteiger charge is 2.29. The lowest BCUT2D eigenvalue weighted by Crippen LogP contribution is -2.47. The van der Waals surface area contributed by atoms with Gasteiger partial charge in [0.05, 0.1) is 6.20 Å². The first-order valence-corrected chi connectivity index (χ1v) is 8.66. The van der Waals surface area contributed by atoms with Crippen LogP contribution in [0.2, 0.25) is 0 Å². The van der Waals surface area contributed by atoms with Crippen molar-refractivity contribution in [3.8, 4) is 0 Å². The Balaban J connectivity index is 1.58. The molecule has 0 aliphatic carbocycles. The minimum atomic E-state index is -0.363. The highest BCUT2D eigenvalue weighted by molar-refractivity contribution is 9.10. The number of nitro groups is 1. The maximum Gasteiger partial charge on any atom is 0.372 e. The van der Waals surface area contributed by atoms with E-state index in [1.807, 2.05) is 23.1 Å². The number of piperazine rings is 1. The summed E-state index contributed by atoms with van der Waals surface area (Å²) in [6.07, 6.45) is 3.45. The normalized spacial score (nSPS) is 14.9. The summed E-state index contributed by atoms with van der Waals surface area (Å²) in [5.41, 5.74) is 0.584. The number of aromatic nitrogens is 3. The molecular weight excluding hydrogens is 388 g/mol. The monoisotopic (exact) mass is 402 g/mol. The molecule has 0 amide bonds. The van der Waals surface area contributed by atoms with E-state index in [9.17, 15) is 10.1 Å². The van der Waals surface area contributed by atoms with Gasteiger partial charge in [0.1, 0.15) is 5.82 Å². The second-order valence-corrected chi connectivity index (χ2v) is 6.67. The van der Waals surface area contributed by atoms with Crippen LogP contribution in [-0.2, 0) is 0 Å². The highest BCUT2D eigenvalue weighted by atomic mass is 79.9. The van der Waals surface area contributed by atoms with Gasteiger partial charge in [-0.05, 0) is 39.1 Å². The van der Waals surface area contributed by atoms with Crippen molar-refractivity contribution in [2.45, 2.75) is 0 Å². The molecule has 0 radical (unpaired) electrons. The van der Waals surface area contributed by atoms with E-state index in [1.165, 1.54) is 4.40 Å². The first-order valence-electron chi connectivity index (χ1n) is 7.86. The number of imidazole rings is 1. The molecule has 0 atom stereocenters. The quantitative estimate of drug-likeness (QED) is 0.494. The summed E-state index contributed by atoms with van der Waals surface area (Å²) in [6.45, 7) is 2.78. The molecule has 1 aliphatic heterocycles. The first-order chi connectivity index (χ1) is 12.1. The second kappa shape index (κ2) is 6.32. The summed E-state index contributed by atoms with van der Waals surface area (Å²) in [5, 5.41) is 11.6. The van der Waals surface area contributed by atoms with Gasteiger partial charge in [0.25, 0.3) is 0 Å². The van der Waals surface area contributed by atoms with E-state index in [2.05, 4.69) is 30.8 Å². The van der Waals surface area contributed by atoms with Crippen molar-refractivity contribution in [2.75, 3.05) is 36.0 Å². The molecule has 9 heteroatoms. The van der Waals surface area contributed by atoms with Gasteiger partial charge in [0.15, 0.2) is 0 Å². The van der Waals surface area contributed by atoms with E-state index in [0.717, 1.165) is 23.4 Å². The van der Waals surface area contributed by atoms with Crippen LogP contribution in [0.1, 0.15) is 0 Å². The van der Waals surface area contributed by atoms with Crippen molar-refractivity contribution in [1.82, 2.24) is 14.4 Å². The number of hydrogen-bond acceptors (Lipinski definition) is 6. The number of fused-ring (bicyclic) bond motifs is 1. The van der Waals surface area contributed by atoms with Gasteiger partial charge in [-0.3, -0.25) is 0 Å². The Labute approximate surface area is 152 Å². The molecule has 0 unspecified atom stereocenters. The summed E-state index contributed by atoms with van der Waals surface area (Å²) in [4.78, 5) is 24.2. The molecule has 0 spiro atoms. The standard InChI is InChI=1S/C16H15BrN6O2/c17-12-4-5-13(18-11-12)20-7-9-21(10-8-20)15-16(23(24)25)22-6-2-1-3-14(22)19-15/h1-6,11H,7-10H2. The predicted octanol–water partition coefficient (Wildman–Crippen LogP) is 2.73. The zero-order valence-electron chi connectivity index (χ0n) is 13.2. The maximum atomic E-state index is 11.6. The van der Waals surface area contributed by atoms with E-state index >= 15 is 0 Å². The largest absolute Gasteiger partial charge is 0.372 e. The fourth-order valence-corrected chi connectivity index (χ4v) is 3.29. The van der Waals surface area contributed by atoms with Crippen LogP contribution in [0.25, 0.3) is 5.65 Å². The molecule has 1 fully saturated rings. The van der Waals surface area contributed by atoms with Crippen molar-refractivity contribution in [3.63, 3.8) is 0 Å². The molecular formula is C16H15BrN6O2. The Hall–Kier alpha value is -2.68. The molecule has 8 nitrogen and oxygen atoms in total. The lowest BCUT2D eigenvalue weighted by Gasteiger charge is -2.35. The summed E-state index contributed by atoms with van der Waals surface area (Å²) >= 11 is 3.38. The molecule has 0 aromatic carbocycles. The third-order valence-corrected chi connectivity index (χ3v) is 4.74. The van der Waals surface area contributed by atoms with Crippen LogP contribution in [0.4, 0.5) is 17.5 Å². The molecule has 3 aromatic rings. The maximum absolute atomic E-state index is 11.6. The SMILES string of the molecule is O=[N+]([O-])c1c(N2CCN(c3ccc(Br)cn3)CC2)nc2ccccn12. The van der Waals surface area contributed by atoms with Crippen LogP contribution >= 0.6 is 15.9 Å². The molecule has 0 bridgehead atoms. The van der Waals surface area contributed by atoms with Crippen LogP contribution in [0.3, 0.4) is 0 Å². The molecule has 4 heterocycles. The number of pyridine rings is 2. The molecule has 1 aliphatic rings. The topological polar surface area (TPSA) is 79.8 Å². The number of rotatable bonds is 3. The summed E-state index contributed by atoms with van der Waals surface area (Å²) < 4.78 is 2.47. The number of hydrogen-bond donors (Lipinski definition) is 0. The van der Waals surface area contributed by atoms with Crippen LogP contribution < -0.4 is 9.80 Å². The van der Waals surface area contributed by atoms with Gasteiger partial charge in [-0.2, -0.15) is 9.38 Å². The van der Waals surface area contributed by atoms with Crippen LogP contribution in [-0.4, -0.2) is 45.5 Å². The summed E-state index contributed by atoms with van der Waals surface area (Å²) in [6, 6.07) is 9.29. The zero-order chi connectivity index (χ0) is 17.4. The lowest BCUT2D eigenvalue weighted by atomic mass is 10.3. The molecule has 1 saturated heterocycles. The third-order valence-electron chi connectivity index (χ3n) is 4.27. The Morgan fingerprint density at radius 2 is 1.84 bits per heavy atom. The Bertz CT molecular complexity index is 918. The van der Waals surface area contributed by atoms with Gasteiger partial charge < -0.3 is 19.9 Å². The van der Waals surface area contributed by atoms with Crippen molar-refractivity contribution in [3.05, 3.63) is 57.3 Å². The summed E-state index contributed by atoms with van der Waals surface area (Å²) in [5.74, 6) is 1.36. The van der Waals surface area contributed by atoms with Crippen LogP contribution in [0.15, 0.2) is 47.2 Å². The van der Waals surface area contributed by atoms with Gasteiger partial charge in [0, 0.05) is 42.9 Å². The smallest absolute Gasteiger partial charge is 0.358 e. The fourth-order valence-electron chi connectivity index (χ4n) is 3.05. The van der Waals surface area contributed by atoms with E-state index in [4.69, 9.17) is 0 Å². The predicted molar refractivity (Wildman–Crippen MR) is 98.2 cm³/mol. The molecule has 0 N–H and O–H groups in total. The van der Waals surface area contributed by atoms with Gasteiger partial charge in [-0.15, -0.1) is 0 Å². The minimum absolute atomic E-state index is 0.0193. The summed E-state index contributed by atoms with van der Waals surface area (Å²) in [7, 11) is 0. The zero-order valence-corrected chi connectivity index (χ0v) is 14.8.